The minimum Gasteiger partial charge on any atom is -0.507 e. The molecule has 1 atom stereocenters. The number of phenols is 2. The number of nitriles is 1. The Labute approximate surface area is 115 Å². The molecule has 0 aromatic heterocycles. The van der Waals surface area contributed by atoms with Crippen molar-refractivity contribution in [3.8, 4) is 17.6 Å². The minimum absolute atomic E-state index is 0.247. The van der Waals surface area contributed by atoms with Gasteiger partial charge in [-0.3, -0.25) is 4.79 Å². The van der Waals surface area contributed by atoms with Gasteiger partial charge < -0.3 is 15.5 Å². The van der Waals surface area contributed by atoms with E-state index in [9.17, 15) is 15.0 Å². The zero-order chi connectivity index (χ0) is 14.5. The molecule has 2 aromatic rings. The summed E-state index contributed by atoms with van der Waals surface area (Å²) in [7, 11) is 0. The summed E-state index contributed by atoms with van der Waals surface area (Å²) in [5, 5.41) is 30.8. The number of hydrogen-bond donors (Lipinski definition) is 3. The van der Waals surface area contributed by atoms with E-state index in [4.69, 9.17) is 5.26 Å². The van der Waals surface area contributed by atoms with E-state index in [1.54, 1.807) is 30.3 Å². The fraction of sp³-hybridized carbons (Fsp3) is 0.0667. The van der Waals surface area contributed by atoms with Gasteiger partial charge >= 0.3 is 0 Å². The van der Waals surface area contributed by atoms with Crippen molar-refractivity contribution < 1.29 is 15.0 Å². The molecule has 3 N–H and O–H groups in total. The van der Waals surface area contributed by atoms with Gasteiger partial charge in [0, 0.05) is 0 Å². The second-order valence-electron chi connectivity index (χ2n) is 4.12. The molecule has 0 aliphatic heterocycles. The number of amides is 1. The lowest BCUT2D eigenvalue weighted by Crippen LogP contribution is -2.27. The van der Waals surface area contributed by atoms with Crippen LogP contribution in [0, 0.1) is 11.3 Å². The van der Waals surface area contributed by atoms with Crippen LogP contribution in [-0.4, -0.2) is 16.1 Å². The van der Waals surface area contributed by atoms with E-state index in [1.165, 1.54) is 18.2 Å². The van der Waals surface area contributed by atoms with Crippen LogP contribution in [0.25, 0.3) is 0 Å². The largest absolute Gasteiger partial charge is 0.507 e. The molecule has 0 saturated heterocycles. The zero-order valence-electron chi connectivity index (χ0n) is 10.4. The maximum absolute atomic E-state index is 12.0. The number of benzene rings is 2. The van der Waals surface area contributed by atoms with Crippen molar-refractivity contribution in [3.05, 3.63) is 59.7 Å². The zero-order valence-corrected chi connectivity index (χ0v) is 10.4. The third-order valence-corrected chi connectivity index (χ3v) is 2.78. The smallest absolute Gasteiger partial charge is 0.260 e. The van der Waals surface area contributed by atoms with Crippen LogP contribution < -0.4 is 5.32 Å². The summed E-state index contributed by atoms with van der Waals surface area (Å²) in [5.74, 6) is -1.39. The molecule has 2 aromatic carbocycles. The number of phenolic OH excluding ortho intramolecular Hbond substituents is 2. The molecule has 20 heavy (non-hydrogen) atoms. The van der Waals surface area contributed by atoms with Crippen molar-refractivity contribution >= 4 is 5.91 Å². The molecule has 100 valence electrons. The molecule has 0 aliphatic carbocycles. The maximum Gasteiger partial charge on any atom is 0.260 e. The van der Waals surface area contributed by atoms with Crippen molar-refractivity contribution in [1.29, 1.82) is 5.26 Å². The number of carbonyl (C=O) groups is 1. The number of aromatic hydroxyl groups is 2. The van der Waals surface area contributed by atoms with Gasteiger partial charge in [0.25, 0.3) is 5.91 Å². The lowest BCUT2D eigenvalue weighted by atomic mass is 10.1. The molecule has 2 rings (SSSR count). The Kier molecular flexibility index (Phi) is 3.87. The van der Waals surface area contributed by atoms with Crippen LogP contribution in [0.15, 0.2) is 48.5 Å². The topological polar surface area (TPSA) is 93.4 Å². The lowest BCUT2D eigenvalue weighted by Gasteiger charge is -2.13. The van der Waals surface area contributed by atoms with E-state index in [0.717, 1.165) is 0 Å². The first-order chi connectivity index (χ1) is 9.63. The number of hydrogen-bond acceptors (Lipinski definition) is 4. The number of nitrogens with one attached hydrogen (secondary N) is 1. The molecule has 1 unspecified atom stereocenters. The predicted molar refractivity (Wildman–Crippen MR) is 72.0 cm³/mol. The summed E-state index contributed by atoms with van der Waals surface area (Å²) in [6, 6.07) is 13.8. The van der Waals surface area contributed by atoms with Crippen LogP contribution in [0.3, 0.4) is 0 Å². The number of nitrogens with zero attached hydrogens (tertiary/aromatic N) is 1. The van der Waals surface area contributed by atoms with E-state index in [1.807, 2.05) is 6.07 Å². The average Bonchev–Trinajstić information content (AvgIpc) is 2.45. The molecule has 5 nitrogen and oxygen atoms in total. The van der Waals surface area contributed by atoms with E-state index in [2.05, 4.69) is 5.32 Å². The van der Waals surface area contributed by atoms with Gasteiger partial charge in [0.2, 0.25) is 0 Å². The molecule has 0 fully saturated rings. The minimum atomic E-state index is -0.859. The highest BCUT2D eigenvalue weighted by Gasteiger charge is 2.20. The van der Waals surface area contributed by atoms with Gasteiger partial charge in [-0.2, -0.15) is 5.26 Å². The van der Waals surface area contributed by atoms with Gasteiger partial charge in [0.05, 0.1) is 6.07 Å². The average molecular weight is 268 g/mol. The quantitative estimate of drug-likeness (QED) is 0.794. The van der Waals surface area contributed by atoms with Crippen LogP contribution in [0.5, 0.6) is 11.5 Å². The summed E-state index contributed by atoms with van der Waals surface area (Å²) in [4.78, 5) is 12.0. The first-order valence-electron chi connectivity index (χ1n) is 5.90. The van der Waals surface area contributed by atoms with Gasteiger partial charge in [-0.15, -0.1) is 0 Å². The Bertz CT molecular complexity index is 642. The first-order valence-corrected chi connectivity index (χ1v) is 5.90. The van der Waals surface area contributed by atoms with Gasteiger partial charge in [0.15, 0.2) is 0 Å². The van der Waals surface area contributed by atoms with Crippen molar-refractivity contribution in [2.45, 2.75) is 6.04 Å². The highest BCUT2D eigenvalue weighted by molar-refractivity contribution is 5.99. The second-order valence-corrected chi connectivity index (χ2v) is 4.12. The second kappa shape index (κ2) is 5.76. The summed E-state index contributed by atoms with van der Waals surface area (Å²) < 4.78 is 0. The van der Waals surface area contributed by atoms with Gasteiger partial charge in [0.1, 0.15) is 23.1 Å². The van der Waals surface area contributed by atoms with Gasteiger partial charge in [-0.25, -0.2) is 0 Å². The molecule has 0 spiro atoms. The van der Waals surface area contributed by atoms with Crippen LogP contribution in [-0.2, 0) is 0 Å². The summed E-state index contributed by atoms with van der Waals surface area (Å²) in [6.45, 7) is 0. The van der Waals surface area contributed by atoms with Gasteiger partial charge in [-0.1, -0.05) is 36.4 Å². The van der Waals surface area contributed by atoms with E-state index >= 15 is 0 Å². The van der Waals surface area contributed by atoms with Crippen molar-refractivity contribution in [2.24, 2.45) is 0 Å². The van der Waals surface area contributed by atoms with E-state index in [-0.39, 0.29) is 17.1 Å². The Morgan fingerprint density at radius 2 is 1.65 bits per heavy atom. The highest BCUT2D eigenvalue weighted by Crippen LogP contribution is 2.26. The summed E-state index contributed by atoms with van der Waals surface area (Å²) in [6.07, 6.45) is 0. The third kappa shape index (κ3) is 2.70. The fourth-order valence-electron chi connectivity index (χ4n) is 1.80. The highest BCUT2D eigenvalue weighted by atomic mass is 16.3. The SMILES string of the molecule is N#CC(NC(=O)c1c(O)cccc1O)c1ccccc1. The molecule has 5 heteroatoms. The molecule has 0 bridgehead atoms. The molecule has 0 radical (unpaired) electrons. The molecular weight excluding hydrogens is 256 g/mol. The number of carbonyl (C=O) groups excluding carboxylic acids is 1. The maximum atomic E-state index is 12.0. The van der Waals surface area contributed by atoms with Crippen molar-refractivity contribution in [3.63, 3.8) is 0 Å². The fourth-order valence-corrected chi connectivity index (χ4v) is 1.80. The van der Waals surface area contributed by atoms with Crippen LogP contribution in [0.2, 0.25) is 0 Å². The van der Waals surface area contributed by atoms with Crippen LogP contribution >= 0.6 is 0 Å². The lowest BCUT2D eigenvalue weighted by molar-refractivity contribution is 0.0939. The first kappa shape index (κ1) is 13.4. The Hall–Kier alpha value is -3.00. The van der Waals surface area contributed by atoms with E-state index in [0.29, 0.717) is 5.56 Å². The number of rotatable bonds is 3. The van der Waals surface area contributed by atoms with Gasteiger partial charge in [-0.05, 0) is 17.7 Å². The third-order valence-electron chi connectivity index (χ3n) is 2.78. The van der Waals surface area contributed by atoms with E-state index < -0.39 is 11.9 Å². The molecule has 0 aliphatic rings. The molecular formula is C15H12N2O3. The Balaban J connectivity index is 2.25. The Morgan fingerprint density at radius 1 is 1.05 bits per heavy atom. The summed E-state index contributed by atoms with van der Waals surface area (Å²) in [5.41, 5.74) is 0.377. The standard InChI is InChI=1S/C15H12N2O3/c16-9-11(10-5-2-1-3-6-10)17-15(20)14-12(18)7-4-8-13(14)19/h1-8,11,18-19H,(H,17,20). The molecule has 1 amide bonds. The summed E-state index contributed by atoms with van der Waals surface area (Å²) >= 11 is 0. The predicted octanol–water partition coefficient (Wildman–Crippen LogP) is 2.09. The molecule has 0 saturated carbocycles. The Morgan fingerprint density at radius 3 is 2.20 bits per heavy atom. The normalized spacial score (nSPS) is 11.3. The van der Waals surface area contributed by atoms with Crippen molar-refractivity contribution in [1.82, 2.24) is 5.32 Å². The van der Waals surface area contributed by atoms with Crippen LogP contribution in [0.4, 0.5) is 0 Å². The van der Waals surface area contributed by atoms with Crippen molar-refractivity contribution in [2.75, 3.05) is 0 Å². The monoisotopic (exact) mass is 268 g/mol. The van der Waals surface area contributed by atoms with Crippen LogP contribution in [0.1, 0.15) is 22.0 Å². The molecule has 0 heterocycles.